The topological polar surface area (TPSA) is 96.4 Å². The molecule has 0 aliphatic heterocycles. The van der Waals surface area contributed by atoms with Crippen molar-refractivity contribution >= 4 is 32.5 Å². The number of benzene rings is 1. The second-order valence-electron chi connectivity index (χ2n) is 5.74. The van der Waals surface area contributed by atoms with E-state index in [2.05, 4.69) is 9.71 Å². The van der Waals surface area contributed by atoms with Gasteiger partial charge in [-0.15, -0.1) is 11.3 Å². The number of aliphatic carboxylic acids is 1. The monoisotopic (exact) mass is 366 g/mol. The standard InChI is InChI=1S/C16H18N2O4S2/c19-15(20)10-7-11-5-8-12(9-6-11)24(21,22)18-16-17-13-3-1-2-4-14(13)23-16/h5-6,8-9H,1-4,7,10H2,(H,17,18)(H,19,20). The third-order valence-electron chi connectivity index (χ3n) is 3.93. The fourth-order valence-electron chi connectivity index (χ4n) is 2.66. The SMILES string of the molecule is O=C(O)CCc1ccc(S(=O)(=O)Nc2nc3c(s2)CCCC3)cc1. The van der Waals surface area contributed by atoms with Gasteiger partial charge in [0.15, 0.2) is 5.13 Å². The number of hydrogen-bond donors (Lipinski definition) is 2. The van der Waals surface area contributed by atoms with Gasteiger partial charge in [0.2, 0.25) is 0 Å². The fraction of sp³-hybridized carbons (Fsp3) is 0.375. The molecule has 0 amide bonds. The molecule has 0 saturated heterocycles. The average molecular weight is 366 g/mol. The maximum Gasteiger partial charge on any atom is 0.303 e. The minimum atomic E-state index is -3.68. The summed E-state index contributed by atoms with van der Waals surface area (Å²) in [6.07, 6.45) is 4.50. The van der Waals surface area contributed by atoms with Gasteiger partial charge in [0, 0.05) is 11.3 Å². The summed E-state index contributed by atoms with van der Waals surface area (Å²) in [7, 11) is -3.68. The van der Waals surface area contributed by atoms with Gasteiger partial charge in [-0.2, -0.15) is 0 Å². The number of sulfonamides is 1. The molecule has 3 rings (SSSR count). The number of anilines is 1. The van der Waals surface area contributed by atoms with Crippen LogP contribution in [0, 0.1) is 0 Å². The van der Waals surface area contributed by atoms with E-state index < -0.39 is 16.0 Å². The van der Waals surface area contributed by atoms with E-state index in [1.54, 1.807) is 12.1 Å². The van der Waals surface area contributed by atoms with Crippen LogP contribution in [0.25, 0.3) is 0 Å². The van der Waals surface area contributed by atoms with E-state index in [1.807, 2.05) is 0 Å². The predicted octanol–water partition coefficient (Wildman–Crippen LogP) is 2.84. The summed E-state index contributed by atoms with van der Waals surface area (Å²) in [6, 6.07) is 6.27. The Morgan fingerprint density at radius 3 is 2.58 bits per heavy atom. The molecule has 8 heteroatoms. The summed E-state index contributed by atoms with van der Waals surface area (Å²) >= 11 is 1.40. The molecule has 2 aromatic rings. The number of carboxylic acid groups (broad SMARTS) is 1. The van der Waals surface area contributed by atoms with Crippen LogP contribution in [0.2, 0.25) is 0 Å². The first-order valence-electron chi connectivity index (χ1n) is 7.76. The molecular formula is C16H18N2O4S2. The van der Waals surface area contributed by atoms with E-state index in [0.717, 1.165) is 36.9 Å². The molecule has 1 aliphatic rings. The smallest absolute Gasteiger partial charge is 0.303 e. The molecule has 0 radical (unpaired) electrons. The number of carbonyl (C=O) groups is 1. The zero-order chi connectivity index (χ0) is 17.2. The maximum absolute atomic E-state index is 12.5. The highest BCUT2D eigenvalue weighted by molar-refractivity contribution is 7.93. The third-order valence-corrected chi connectivity index (χ3v) is 6.49. The van der Waals surface area contributed by atoms with E-state index in [4.69, 9.17) is 5.11 Å². The summed E-state index contributed by atoms with van der Waals surface area (Å²) in [5, 5.41) is 9.09. The first kappa shape index (κ1) is 16.9. The van der Waals surface area contributed by atoms with Crippen molar-refractivity contribution in [3.63, 3.8) is 0 Å². The van der Waals surface area contributed by atoms with Crippen molar-refractivity contribution in [2.45, 2.75) is 43.4 Å². The molecule has 1 aromatic carbocycles. The highest BCUT2D eigenvalue weighted by Gasteiger charge is 2.20. The normalized spacial score (nSPS) is 14.2. The number of nitrogens with one attached hydrogen (secondary N) is 1. The Labute approximate surface area is 144 Å². The van der Waals surface area contributed by atoms with Crippen LogP contribution in [0.3, 0.4) is 0 Å². The molecule has 1 aromatic heterocycles. The molecule has 128 valence electrons. The zero-order valence-electron chi connectivity index (χ0n) is 13.0. The van der Waals surface area contributed by atoms with Crippen LogP contribution in [0.4, 0.5) is 5.13 Å². The molecule has 24 heavy (non-hydrogen) atoms. The van der Waals surface area contributed by atoms with E-state index in [-0.39, 0.29) is 11.3 Å². The van der Waals surface area contributed by atoms with Crippen LogP contribution in [-0.2, 0) is 34.1 Å². The third kappa shape index (κ3) is 3.93. The van der Waals surface area contributed by atoms with E-state index >= 15 is 0 Å². The Morgan fingerprint density at radius 1 is 1.21 bits per heavy atom. The minimum Gasteiger partial charge on any atom is -0.481 e. The number of carboxylic acids is 1. The quantitative estimate of drug-likeness (QED) is 0.819. The van der Waals surface area contributed by atoms with Crippen molar-refractivity contribution < 1.29 is 18.3 Å². The first-order valence-corrected chi connectivity index (χ1v) is 10.1. The van der Waals surface area contributed by atoms with Gasteiger partial charge in [-0.1, -0.05) is 12.1 Å². The van der Waals surface area contributed by atoms with Crippen LogP contribution in [-0.4, -0.2) is 24.5 Å². The maximum atomic E-state index is 12.5. The van der Waals surface area contributed by atoms with Crippen LogP contribution in [0.5, 0.6) is 0 Å². The van der Waals surface area contributed by atoms with Gasteiger partial charge in [0.05, 0.1) is 10.6 Å². The van der Waals surface area contributed by atoms with Crippen LogP contribution < -0.4 is 4.72 Å². The highest BCUT2D eigenvalue weighted by atomic mass is 32.2. The average Bonchev–Trinajstić information content (AvgIpc) is 2.94. The Balaban J connectivity index is 1.73. The largest absolute Gasteiger partial charge is 0.481 e. The number of thiazole rings is 1. The van der Waals surface area contributed by atoms with Gasteiger partial charge in [0.25, 0.3) is 10.0 Å². The van der Waals surface area contributed by atoms with Crippen molar-refractivity contribution in [1.29, 1.82) is 0 Å². The Bertz CT molecular complexity index is 818. The lowest BCUT2D eigenvalue weighted by Crippen LogP contribution is -2.13. The molecule has 0 saturated carbocycles. The van der Waals surface area contributed by atoms with Gasteiger partial charge in [0.1, 0.15) is 0 Å². The van der Waals surface area contributed by atoms with Gasteiger partial charge in [-0.05, 0) is 49.8 Å². The molecule has 0 fully saturated rings. The second-order valence-corrected chi connectivity index (χ2v) is 8.51. The predicted molar refractivity (Wildman–Crippen MR) is 92.0 cm³/mol. The Kier molecular flexibility index (Phi) is 4.86. The van der Waals surface area contributed by atoms with Crippen molar-refractivity contribution in [3.05, 3.63) is 40.4 Å². The molecule has 0 atom stereocenters. The number of nitrogens with zero attached hydrogens (tertiary/aromatic N) is 1. The van der Waals surface area contributed by atoms with Gasteiger partial charge in [-0.25, -0.2) is 13.4 Å². The van der Waals surface area contributed by atoms with Crippen molar-refractivity contribution in [2.24, 2.45) is 0 Å². The summed E-state index contributed by atoms with van der Waals surface area (Å²) in [5.41, 5.74) is 1.80. The molecule has 0 unspecified atom stereocenters. The minimum absolute atomic E-state index is 0.0228. The molecule has 1 heterocycles. The number of aromatic nitrogens is 1. The van der Waals surface area contributed by atoms with Crippen LogP contribution in [0.15, 0.2) is 29.2 Å². The molecular weight excluding hydrogens is 348 g/mol. The summed E-state index contributed by atoms with van der Waals surface area (Å²) in [6.45, 7) is 0. The number of fused-ring (bicyclic) bond motifs is 1. The van der Waals surface area contributed by atoms with Gasteiger partial charge >= 0.3 is 5.97 Å². The molecule has 0 spiro atoms. The summed E-state index contributed by atoms with van der Waals surface area (Å²) in [4.78, 5) is 16.3. The van der Waals surface area contributed by atoms with Crippen molar-refractivity contribution in [1.82, 2.24) is 4.98 Å². The van der Waals surface area contributed by atoms with E-state index in [9.17, 15) is 13.2 Å². The lowest BCUT2D eigenvalue weighted by molar-refractivity contribution is -0.136. The Hall–Kier alpha value is -1.93. The van der Waals surface area contributed by atoms with E-state index in [0.29, 0.717) is 11.6 Å². The molecule has 0 bridgehead atoms. The number of aryl methyl sites for hydroxylation is 3. The van der Waals surface area contributed by atoms with Crippen molar-refractivity contribution in [2.75, 3.05) is 4.72 Å². The van der Waals surface area contributed by atoms with E-state index in [1.165, 1.54) is 28.3 Å². The van der Waals surface area contributed by atoms with Crippen molar-refractivity contribution in [3.8, 4) is 0 Å². The molecule has 2 N–H and O–H groups in total. The molecule has 1 aliphatic carbocycles. The van der Waals surface area contributed by atoms with Crippen LogP contribution >= 0.6 is 11.3 Å². The zero-order valence-corrected chi connectivity index (χ0v) is 14.6. The number of hydrogen-bond acceptors (Lipinski definition) is 5. The van der Waals surface area contributed by atoms with Crippen LogP contribution in [0.1, 0.15) is 35.4 Å². The fourth-order valence-corrected chi connectivity index (χ4v) is 4.94. The van der Waals surface area contributed by atoms with Gasteiger partial charge in [-0.3, -0.25) is 9.52 Å². The molecule has 6 nitrogen and oxygen atoms in total. The number of rotatable bonds is 6. The first-order chi connectivity index (χ1) is 11.4. The van der Waals surface area contributed by atoms with Gasteiger partial charge < -0.3 is 5.11 Å². The lowest BCUT2D eigenvalue weighted by atomic mass is 10.0. The Morgan fingerprint density at radius 2 is 1.92 bits per heavy atom. The lowest BCUT2D eigenvalue weighted by Gasteiger charge is -2.06. The summed E-state index contributed by atoms with van der Waals surface area (Å²) < 4.78 is 27.5. The second kappa shape index (κ2) is 6.90. The summed E-state index contributed by atoms with van der Waals surface area (Å²) in [5.74, 6) is -0.874. The highest BCUT2D eigenvalue weighted by Crippen LogP contribution is 2.30.